The topological polar surface area (TPSA) is 47.0 Å². The molecule has 0 spiro atoms. The van der Waals surface area contributed by atoms with Crippen molar-refractivity contribution >= 4 is 11.6 Å². The van der Waals surface area contributed by atoms with Crippen molar-refractivity contribution in [3.8, 4) is 0 Å². The van der Waals surface area contributed by atoms with Gasteiger partial charge < -0.3 is 14.9 Å². The number of nitrogens with zero attached hydrogens (tertiary/aromatic N) is 3. The average molecular weight is 331 g/mol. The maximum atomic E-state index is 11.7. The molecule has 2 saturated heterocycles. The highest BCUT2D eigenvalue weighted by Crippen LogP contribution is 2.22. The van der Waals surface area contributed by atoms with Crippen LogP contribution in [0, 0.1) is 0 Å². The van der Waals surface area contributed by atoms with Crippen LogP contribution in [0.4, 0.5) is 5.69 Å². The molecule has 1 amide bonds. The number of carbonyl (C=O) groups excluding carboxylic acids is 1. The van der Waals surface area contributed by atoms with Crippen molar-refractivity contribution in [2.45, 2.75) is 37.8 Å². The maximum Gasteiger partial charge on any atom is 0.222 e. The molecule has 0 unspecified atom stereocenters. The van der Waals surface area contributed by atoms with Crippen molar-refractivity contribution in [1.82, 2.24) is 9.80 Å². The number of likely N-dealkylation sites (N-methyl/N-ethyl adjacent to an activating group) is 1. The van der Waals surface area contributed by atoms with E-state index in [1.807, 2.05) is 6.07 Å². The van der Waals surface area contributed by atoms with E-state index in [0.29, 0.717) is 25.6 Å². The maximum absolute atomic E-state index is 11.7. The Balaban J connectivity index is 1.50. The van der Waals surface area contributed by atoms with E-state index in [1.54, 1.807) is 4.90 Å². The number of amides is 1. The van der Waals surface area contributed by atoms with Crippen molar-refractivity contribution in [2.24, 2.45) is 0 Å². The number of aliphatic hydroxyl groups is 1. The Hall–Kier alpha value is -1.59. The Morgan fingerprint density at radius 2 is 2.04 bits per heavy atom. The molecule has 2 aliphatic heterocycles. The van der Waals surface area contributed by atoms with E-state index < -0.39 is 6.10 Å². The van der Waals surface area contributed by atoms with E-state index >= 15 is 0 Å². The lowest BCUT2D eigenvalue weighted by molar-refractivity contribution is -0.129. The summed E-state index contributed by atoms with van der Waals surface area (Å²) in [6.45, 7) is 3.98. The molecule has 3 rings (SSSR count). The van der Waals surface area contributed by atoms with Crippen LogP contribution in [0.3, 0.4) is 0 Å². The first kappa shape index (κ1) is 17.2. The summed E-state index contributed by atoms with van der Waals surface area (Å²) in [6, 6.07) is 11.0. The van der Waals surface area contributed by atoms with E-state index in [9.17, 15) is 9.90 Å². The number of aliphatic hydroxyl groups excluding tert-OH is 1. The normalized spacial score (nSPS) is 23.1. The molecule has 1 aromatic rings. The highest BCUT2D eigenvalue weighted by molar-refractivity contribution is 5.78. The highest BCUT2D eigenvalue weighted by atomic mass is 16.3. The van der Waals surface area contributed by atoms with E-state index in [2.05, 4.69) is 41.1 Å². The molecular formula is C19H29N3O2. The molecule has 1 N–H and O–H groups in total. The van der Waals surface area contributed by atoms with Crippen molar-refractivity contribution in [1.29, 1.82) is 0 Å². The summed E-state index contributed by atoms with van der Waals surface area (Å²) in [5.41, 5.74) is 1.28. The Morgan fingerprint density at radius 3 is 2.75 bits per heavy atom. The number of benzene rings is 1. The van der Waals surface area contributed by atoms with Crippen LogP contribution >= 0.6 is 0 Å². The molecule has 2 atom stereocenters. The van der Waals surface area contributed by atoms with Gasteiger partial charge in [0.1, 0.15) is 0 Å². The van der Waals surface area contributed by atoms with Gasteiger partial charge in [0.2, 0.25) is 5.91 Å². The minimum Gasteiger partial charge on any atom is -0.390 e. The zero-order chi connectivity index (χ0) is 16.9. The average Bonchev–Trinajstić information content (AvgIpc) is 3.00. The third-order valence-electron chi connectivity index (χ3n) is 5.24. The quantitative estimate of drug-likeness (QED) is 0.860. The van der Waals surface area contributed by atoms with Crippen molar-refractivity contribution in [3.63, 3.8) is 0 Å². The summed E-state index contributed by atoms with van der Waals surface area (Å²) in [5.74, 6) is 0.185. The second-order valence-electron chi connectivity index (χ2n) is 7.11. The van der Waals surface area contributed by atoms with Crippen LogP contribution in [0.25, 0.3) is 0 Å². The minimum absolute atomic E-state index is 0.185. The van der Waals surface area contributed by atoms with Gasteiger partial charge in [0.15, 0.2) is 0 Å². The number of likely N-dealkylation sites (tertiary alicyclic amines) is 1. The van der Waals surface area contributed by atoms with Gasteiger partial charge in [0, 0.05) is 50.9 Å². The van der Waals surface area contributed by atoms with Crippen LogP contribution in [0.2, 0.25) is 0 Å². The molecular weight excluding hydrogens is 302 g/mol. The highest BCUT2D eigenvalue weighted by Gasteiger charge is 2.27. The number of β-amino-alcohol motifs (C(OH)–C–C–N with tert-alkyl or cyclic N) is 1. The van der Waals surface area contributed by atoms with Gasteiger partial charge in [-0.2, -0.15) is 0 Å². The lowest BCUT2D eigenvalue weighted by Gasteiger charge is -2.39. The molecule has 2 aliphatic rings. The van der Waals surface area contributed by atoms with E-state index in [4.69, 9.17) is 0 Å². The largest absolute Gasteiger partial charge is 0.390 e. The fourth-order valence-electron chi connectivity index (χ4n) is 3.88. The van der Waals surface area contributed by atoms with E-state index in [0.717, 1.165) is 32.5 Å². The summed E-state index contributed by atoms with van der Waals surface area (Å²) in [7, 11) is 2.09. The predicted molar refractivity (Wildman–Crippen MR) is 96.1 cm³/mol. The summed E-state index contributed by atoms with van der Waals surface area (Å²) in [5, 5.41) is 10.4. The lowest BCUT2D eigenvalue weighted by Crippen LogP contribution is -2.50. The van der Waals surface area contributed by atoms with Gasteiger partial charge >= 0.3 is 0 Å². The van der Waals surface area contributed by atoms with Gasteiger partial charge in [-0.05, 0) is 38.4 Å². The molecule has 2 heterocycles. The summed E-state index contributed by atoms with van der Waals surface area (Å²) in [6.07, 6.45) is 3.43. The Morgan fingerprint density at radius 1 is 1.25 bits per heavy atom. The molecule has 0 saturated carbocycles. The minimum atomic E-state index is -0.468. The van der Waals surface area contributed by atoms with Gasteiger partial charge in [0.05, 0.1) is 6.10 Å². The van der Waals surface area contributed by atoms with Crippen LogP contribution < -0.4 is 4.90 Å². The number of carbonyl (C=O) groups is 1. The van der Waals surface area contributed by atoms with Gasteiger partial charge in [-0.15, -0.1) is 0 Å². The zero-order valence-electron chi connectivity index (χ0n) is 14.6. The Bertz CT molecular complexity index is 537. The molecule has 0 bridgehead atoms. The Kier molecular flexibility index (Phi) is 5.74. The molecule has 5 heteroatoms. The molecule has 132 valence electrons. The number of para-hydroxylation sites is 1. The number of hydrogen-bond acceptors (Lipinski definition) is 4. The fraction of sp³-hybridized carbons (Fsp3) is 0.632. The van der Waals surface area contributed by atoms with Crippen LogP contribution in [-0.2, 0) is 4.79 Å². The number of piperidine rings is 1. The first-order chi connectivity index (χ1) is 11.6. The number of hydrogen-bond donors (Lipinski definition) is 1. The van der Waals surface area contributed by atoms with Crippen molar-refractivity contribution < 1.29 is 9.90 Å². The first-order valence-electron chi connectivity index (χ1n) is 9.09. The summed E-state index contributed by atoms with van der Waals surface area (Å²) in [4.78, 5) is 18.2. The van der Waals surface area contributed by atoms with Crippen LogP contribution in [0.5, 0.6) is 0 Å². The van der Waals surface area contributed by atoms with Crippen molar-refractivity contribution in [2.75, 3.05) is 44.7 Å². The van der Waals surface area contributed by atoms with Crippen LogP contribution in [0.15, 0.2) is 30.3 Å². The zero-order valence-corrected chi connectivity index (χ0v) is 14.6. The standard InChI is InChI=1S/C19H29N3O2/c1-20(14-18(23)15-22-12-6-10-19(22)24)17-9-5-11-21(13-17)16-7-3-2-4-8-16/h2-4,7-8,17-18,23H,5-6,9-15H2,1H3/t17-,18+/m0/s1. The fourth-order valence-corrected chi connectivity index (χ4v) is 3.88. The van der Waals surface area contributed by atoms with Crippen LogP contribution in [-0.4, -0.2) is 72.7 Å². The molecule has 0 aliphatic carbocycles. The van der Waals surface area contributed by atoms with Gasteiger partial charge in [-0.1, -0.05) is 18.2 Å². The summed E-state index contributed by atoms with van der Waals surface area (Å²) < 4.78 is 0. The molecule has 2 fully saturated rings. The smallest absolute Gasteiger partial charge is 0.222 e. The van der Waals surface area contributed by atoms with E-state index in [1.165, 1.54) is 12.1 Å². The predicted octanol–water partition coefficient (Wildman–Crippen LogP) is 1.57. The molecule has 5 nitrogen and oxygen atoms in total. The Labute approximate surface area is 144 Å². The second-order valence-corrected chi connectivity index (χ2v) is 7.11. The number of anilines is 1. The summed E-state index contributed by atoms with van der Waals surface area (Å²) >= 11 is 0. The third-order valence-corrected chi connectivity index (χ3v) is 5.24. The second kappa shape index (κ2) is 7.99. The number of rotatable bonds is 6. The third kappa shape index (κ3) is 4.28. The molecule has 24 heavy (non-hydrogen) atoms. The molecule has 1 aromatic carbocycles. The molecule has 0 radical (unpaired) electrons. The van der Waals surface area contributed by atoms with Gasteiger partial charge in [0.25, 0.3) is 0 Å². The SMILES string of the molecule is CN(C[C@@H](O)CN1CCCC1=O)[C@H]1CCCN(c2ccccc2)C1. The lowest BCUT2D eigenvalue weighted by atomic mass is 10.0. The van der Waals surface area contributed by atoms with Crippen LogP contribution in [0.1, 0.15) is 25.7 Å². The van der Waals surface area contributed by atoms with Gasteiger partial charge in [-0.25, -0.2) is 0 Å². The molecule has 0 aromatic heterocycles. The van der Waals surface area contributed by atoms with Gasteiger partial charge in [-0.3, -0.25) is 9.69 Å². The monoisotopic (exact) mass is 331 g/mol. The van der Waals surface area contributed by atoms with E-state index in [-0.39, 0.29) is 5.91 Å². The first-order valence-corrected chi connectivity index (χ1v) is 9.09. The van der Waals surface area contributed by atoms with Crippen molar-refractivity contribution in [3.05, 3.63) is 30.3 Å².